The summed E-state index contributed by atoms with van der Waals surface area (Å²) in [5.74, 6) is 0.901. The van der Waals surface area contributed by atoms with E-state index in [-0.39, 0.29) is 0 Å². The SMILES string of the molecule is CCn1c(COc2ccc(C)cc2)cc2cccc(CN)c21. The quantitative estimate of drug-likeness (QED) is 0.772. The molecule has 22 heavy (non-hydrogen) atoms. The maximum Gasteiger partial charge on any atom is 0.128 e. The molecule has 0 saturated carbocycles. The Morgan fingerprint density at radius 3 is 2.55 bits per heavy atom. The highest BCUT2D eigenvalue weighted by atomic mass is 16.5. The first-order valence-electron chi connectivity index (χ1n) is 7.72. The van der Waals surface area contributed by atoms with Crippen LogP contribution in [0.3, 0.4) is 0 Å². The molecule has 2 aromatic carbocycles. The number of nitrogens with zero attached hydrogens (tertiary/aromatic N) is 1. The molecule has 3 aromatic rings. The third-order valence-corrected chi connectivity index (χ3v) is 4.03. The average molecular weight is 294 g/mol. The van der Waals surface area contributed by atoms with Crippen LogP contribution in [-0.4, -0.2) is 4.57 Å². The van der Waals surface area contributed by atoms with E-state index >= 15 is 0 Å². The van der Waals surface area contributed by atoms with Gasteiger partial charge in [0.15, 0.2) is 0 Å². The van der Waals surface area contributed by atoms with Gasteiger partial charge in [-0.15, -0.1) is 0 Å². The van der Waals surface area contributed by atoms with E-state index in [4.69, 9.17) is 10.5 Å². The summed E-state index contributed by atoms with van der Waals surface area (Å²) < 4.78 is 8.24. The first-order chi connectivity index (χ1) is 10.7. The van der Waals surface area contributed by atoms with E-state index in [1.165, 1.54) is 27.7 Å². The third-order valence-electron chi connectivity index (χ3n) is 4.03. The monoisotopic (exact) mass is 294 g/mol. The van der Waals surface area contributed by atoms with Crippen molar-refractivity contribution in [1.29, 1.82) is 0 Å². The lowest BCUT2D eigenvalue weighted by atomic mass is 10.1. The van der Waals surface area contributed by atoms with Crippen molar-refractivity contribution >= 4 is 10.9 Å². The molecule has 1 aromatic heterocycles. The molecule has 0 amide bonds. The van der Waals surface area contributed by atoms with E-state index in [0.717, 1.165) is 12.3 Å². The van der Waals surface area contributed by atoms with Gasteiger partial charge in [-0.3, -0.25) is 0 Å². The predicted octanol–water partition coefficient (Wildman–Crippen LogP) is 4.01. The summed E-state index contributed by atoms with van der Waals surface area (Å²) in [5, 5.41) is 1.23. The standard InChI is InChI=1S/C19H22N2O/c1-3-21-17(13-22-18-9-7-14(2)8-10-18)11-15-5-4-6-16(12-20)19(15)21/h4-11H,3,12-13,20H2,1-2H3. The van der Waals surface area contributed by atoms with Gasteiger partial charge in [-0.2, -0.15) is 0 Å². The fraction of sp³-hybridized carbons (Fsp3) is 0.263. The van der Waals surface area contributed by atoms with Crippen LogP contribution in [-0.2, 0) is 19.7 Å². The Hall–Kier alpha value is -2.26. The molecule has 2 N–H and O–H groups in total. The summed E-state index contributed by atoms with van der Waals surface area (Å²) in [6.45, 7) is 6.26. The second-order valence-electron chi connectivity index (χ2n) is 5.54. The number of hydrogen-bond acceptors (Lipinski definition) is 2. The lowest BCUT2D eigenvalue weighted by Gasteiger charge is -2.11. The van der Waals surface area contributed by atoms with Crippen LogP contribution < -0.4 is 10.5 Å². The van der Waals surface area contributed by atoms with Crippen molar-refractivity contribution in [1.82, 2.24) is 4.57 Å². The fourth-order valence-electron chi connectivity index (χ4n) is 2.90. The van der Waals surface area contributed by atoms with Crippen LogP contribution in [0.5, 0.6) is 5.75 Å². The highest BCUT2D eigenvalue weighted by Gasteiger charge is 2.11. The molecule has 0 atom stereocenters. The molecule has 0 spiro atoms. The average Bonchev–Trinajstić information content (AvgIpc) is 2.91. The lowest BCUT2D eigenvalue weighted by molar-refractivity contribution is 0.296. The van der Waals surface area contributed by atoms with E-state index < -0.39 is 0 Å². The highest BCUT2D eigenvalue weighted by molar-refractivity contribution is 5.84. The Morgan fingerprint density at radius 1 is 1.09 bits per heavy atom. The van der Waals surface area contributed by atoms with E-state index in [1.807, 2.05) is 12.1 Å². The van der Waals surface area contributed by atoms with Crippen molar-refractivity contribution in [2.24, 2.45) is 5.73 Å². The summed E-state index contributed by atoms with van der Waals surface area (Å²) in [6.07, 6.45) is 0. The van der Waals surface area contributed by atoms with E-state index in [9.17, 15) is 0 Å². The van der Waals surface area contributed by atoms with Gasteiger partial charge in [-0.25, -0.2) is 0 Å². The number of nitrogens with two attached hydrogens (primary N) is 1. The van der Waals surface area contributed by atoms with Crippen LogP contribution in [0.25, 0.3) is 10.9 Å². The molecule has 0 aliphatic carbocycles. The first-order valence-corrected chi connectivity index (χ1v) is 7.72. The number of hydrogen-bond donors (Lipinski definition) is 1. The maximum atomic E-state index is 5.94. The number of fused-ring (bicyclic) bond motifs is 1. The third kappa shape index (κ3) is 2.72. The van der Waals surface area contributed by atoms with Gasteiger partial charge < -0.3 is 15.0 Å². The second-order valence-corrected chi connectivity index (χ2v) is 5.54. The molecule has 0 unspecified atom stereocenters. The van der Waals surface area contributed by atoms with Crippen LogP contribution in [0.15, 0.2) is 48.5 Å². The molecule has 0 radical (unpaired) electrons. The lowest BCUT2D eigenvalue weighted by Crippen LogP contribution is -2.07. The van der Waals surface area contributed by atoms with Crippen molar-refractivity contribution in [2.45, 2.75) is 33.5 Å². The van der Waals surface area contributed by atoms with Crippen LogP contribution in [0.1, 0.15) is 23.7 Å². The summed E-state index contributed by atoms with van der Waals surface area (Å²) >= 11 is 0. The summed E-state index contributed by atoms with van der Waals surface area (Å²) in [6, 6.07) is 16.7. The number of rotatable bonds is 5. The zero-order valence-corrected chi connectivity index (χ0v) is 13.2. The number of aromatic nitrogens is 1. The molecule has 0 fully saturated rings. The summed E-state index contributed by atoms with van der Waals surface area (Å²) in [4.78, 5) is 0. The van der Waals surface area contributed by atoms with E-state index in [2.05, 4.69) is 54.8 Å². The maximum absolute atomic E-state index is 5.94. The second kappa shape index (κ2) is 6.24. The van der Waals surface area contributed by atoms with Gasteiger partial charge >= 0.3 is 0 Å². The minimum absolute atomic E-state index is 0.555. The molecule has 114 valence electrons. The zero-order valence-electron chi connectivity index (χ0n) is 13.2. The Bertz CT molecular complexity index is 772. The summed E-state index contributed by atoms with van der Waals surface area (Å²) in [7, 11) is 0. The van der Waals surface area contributed by atoms with Crippen LogP contribution in [0.2, 0.25) is 0 Å². The fourth-order valence-corrected chi connectivity index (χ4v) is 2.90. The Morgan fingerprint density at radius 2 is 1.86 bits per heavy atom. The number of aryl methyl sites for hydroxylation is 2. The van der Waals surface area contributed by atoms with Crippen molar-refractivity contribution in [3.05, 3.63) is 65.4 Å². The largest absolute Gasteiger partial charge is 0.487 e. The van der Waals surface area contributed by atoms with Crippen LogP contribution in [0, 0.1) is 6.92 Å². The van der Waals surface area contributed by atoms with Crippen molar-refractivity contribution < 1.29 is 4.74 Å². The Balaban J connectivity index is 1.91. The van der Waals surface area contributed by atoms with Gasteiger partial charge in [0.05, 0.1) is 11.2 Å². The van der Waals surface area contributed by atoms with Crippen LogP contribution in [0.4, 0.5) is 0 Å². The topological polar surface area (TPSA) is 40.2 Å². The minimum Gasteiger partial charge on any atom is -0.487 e. The van der Waals surface area contributed by atoms with Gasteiger partial charge in [-0.1, -0.05) is 35.9 Å². The van der Waals surface area contributed by atoms with Crippen molar-refractivity contribution in [2.75, 3.05) is 0 Å². The molecule has 3 heteroatoms. The Labute approximate surface area is 131 Å². The summed E-state index contributed by atoms with van der Waals surface area (Å²) in [5.41, 5.74) is 10.7. The van der Waals surface area contributed by atoms with E-state index in [1.54, 1.807) is 0 Å². The van der Waals surface area contributed by atoms with Crippen molar-refractivity contribution in [3.8, 4) is 5.75 Å². The molecule has 0 aliphatic heterocycles. The van der Waals surface area contributed by atoms with Gasteiger partial charge in [-0.05, 0) is 37.6 Å². The van der Waals surface area contributed by atoms with E-state index in [0.29, 0.717) is 13.2 Å². The minimum atomic E-state index is 0.555. The first kappa shape index (κ1) is 14.7. The van der Waals surface area contributed by atoms with Gasteiger partial charge in [0.1, 0.15) is 12.4 Å². The number of benzene rings is 2. The molecular weight excluding hydrogens is 272 g/mol. The molecule has 1 heterocycles. The number of ether oxygens (including phenoxy) is 1. The van der Waals surface area contributed by atoms with Gasteiger partial charge in [0.2, 0.25) is 0 Å². The molecular formula is C19H22N2O. The highest BCUT2D eigenvalue weighted by Crippen LogP contribution is 2.25. The van der Waals surface area contributed by atoms with Crippen LogP contribution >= 0.6 is 0 Å². The molecule has 0 bridgehead atoms. The molecule has 0 saturated heterocycles. The molecule has 0 aliphatic rings. The Kier molecular flexibility index (Phi) is 4.16. The predicted molar refractivity (Wildman–Crippen MR) is 91.0 cm³/mol. The van der Waals surface area contributed by atoms with Crippen molar-refractivity contribution in [3.63, 3.8) is 0 Å². The smallest absolute Gasteiger partial charge is 0.128 e. The van der Waals surface area contributed by atoms with Gasteiger partial charge in [0, 0.05) is 18.5 Å². The van der Waals surface area contributed by atoms with Gasteiger partial charge in [0.25, 0.3) is 0 Å². The normalized spacial score (nSPS) is 11.0. The zero-order chi connectivity index (χ0) is 15.5. The molecule has 3 rings (SSSR count). The molecule has 3 nitrogen and oxygen atoms in total. The number of para-hydroxylation sites is 1.